The van der Waals surface area contributed by atoms with Gasteiger partial charge in [0.25, 0.3) is 10.0 Å². The molecule has 0 bridgehead atoms. The van der Waals surface area contributed by atoms with Crippen molar-refractivity contribution < 1.29 is 18.0 Å². The number of benzene rings is 3. The zero-order valence-corrected chi connectivity index (χ0v) is 25.0. The Labute approximate surface area is 240 Å². The predicted molar refractivity (Wildman–Crippen MR) is 157 cm³/mol. The molecule has 0 unspecified atom stereocenters. The molecule has 0 aromatic heterocycles. The van der Waals surface area contributed by atoms with E-state index in [9.17, 15) is 18.0 Å². The molecule has 10 heteroatoms. The monoisotopic (exact) mass is 589 g/mol. The number of rotatable bonds is 10. The van der Waals surface area contributed by atoms with E-state index in [1.807, 2.05) is 26.8 Å². The molecule has 0 heterocycles. The second kappa shape index (κ2) is 12.9. The van der Waals surface area contributed by atoms with Gasteiger partial charge in [-0.05, 0) is 74.2 Å². The first-order chi connectivity index (χ1) is 18.4. The van der Waals surface area contributed by atoms with Crippen molar-refractivity contribution in [1.29, 1.82) is 0 Å². The first kappa shape index (κ1) is 30.5. The van der Waals surface area contributed by atoms with Gasteiger partial charge in [0.15, 0.2) is 0 Å². The Balaban J connectivity index is 2.12. The van der Waals surface area contributed by atoms with Gasteiger partial charge in [0, 0.05) is 23.6 Å². The van der Waals surface area contributed by atoms with Gasteiger partial charge in [-0.1, -0.05) is 66.0 Å². The van der Waals surface area contributed by atoms with Crippen molar-refractivity contribution in [2.24, 2.45) is 0 Å². The topological polar surface area (TPSA) is 86.8 Å². The molecule has 0 aliphatic carbocycles. The number of halogens is 2. The standard InChI is InChI=1S/C29H33Cl2N3O4S/c1-6-26(29(36)32-5)33(17-22-12-13-23(30)16-25(22)31)28(35)18-34(27-9-7-8-20(3)21(27)4)39(37,38)24-14-10-19(2)11-15-24/h7-16,26H,6,17-18H2,1-5H3,(H,32,36)/t26-/m0/s1. The normalized spacial score (nSPS) is 12.1. The molecule has 3 rings (SSSR count). The van der Waals surface area contributed by atoms with Gasteiger partial charge in [0.05, 0.1) is 10.6 Å². The number of aryl methyl sites for hydroxylation is 2. The number of hydrogen-bond donors (Lipinski definition) is 1. The Morgan fingerprint density at radius 3 is 2.23 bits per heavy atom. The van der Waals surface area contributed by atoms with Crippen molar-refractivity contribution in [1.82, 2.24) is 10.2 Å². The van der Waals surface area contributed by atoms with Crippen LogP contribution in [0.4, 0.5) is 5.69 Å². The summed E-state index contributed by atoms with van der Waals surface area (Å²) in [4.78, 5) is 28.3. The third kappa shape index (κ3) is 6.93. The molecule has 0 fully saturated rings. The average molecular weight is 591 g/mol. The summed E-state index contributed by atoms with van der Waals surface area (Å²) in [5, 5.41) is 3.38. The van der Waals surface area contributed by atoms with Gasteiger partial charge in [-0.3, -0.25) is 13.9 Å². The Morgan fingerprint density at radius 1 is 0.974 bits per heavy atom. The summed E-state index contributed by atoms with van der Waals surface area (Å²) in [6.45, 7) is 6.83. The van der Waals surface area contributed by atoms with E-state index in [0.717, 1.165) is 21.0 Å². The number of carbonyl (C=O) groups is 2. The molecule has 0 aliphatic rings. The third-order valence-corrected chi connectivity index (χ3v) is 9.08. The van der Waals surface area contributed by atoms with Crippen LogP contribution in [0.5, 0.6) is 0 Å². The molecule has 0 spiro atoms. The fraction of sp³-hybridized carbons (Fsp3) is 0.310. The van der Waals surface area contributed by atoms with Crippen LogP contribution < -0.4 is 9.62 Å². The van der Waals surface area contributed by atoms with E-state index < -0.39 is 28.5 Å². The van der Waals surface area contributed by atoms with Crippen LogP contribution in [0.25, 0.3) is 0 Å². The zero-order valence-electron chi connectivity index (χ0n) is 22.7. The average Bonchev–Trinajstić information content (AvgIpc) is 2.90. The molecule has 3 aromatic carbocycles. The highest BCUT2D eigenvalue weighted by Gasteiger charge is 2.34. The molecular formula is C29H33Cl2N3O4S. The maximum absolute atomic E-state index is 14.0. The van der Waals surface area contributed by atoms with Crippen LogP contribution >= 0.6 is 23.2 Å². The largest absolute Gasteiger partial charge is 0.357 e. The van der Waals surface area contributed by atoms with E-state index in [1.54, 1.807) is 49.4 Å². The summed E-state index contributed by atoms with van der Waals surface area (Å²) in [6.07, 6.45) is 0.310. The Morgan fingerprint density at radius 2 is 1.64 bits per heavy atom. The Hall–Kier alpha value is -3.07. The molecule has 7 nitrogen and oxygen atoms in total. The van der Waals surface area contributed by atoms with Crippen LogP contribution in [-0.4, -0.2) is 44.8 Å². The second-order valence-electron chi connectivity index (χ2n) is 9.34. The molecule has 39 heavy (non-hydrogen) atoms. The predicted octanol–water partition coefficient (Wildman–Crippen LogP) is 5.67. The summed E-state index contributed by atoms with van der Waals surface area (Å²) >= 11 is 12.5. The summed E-state index contributed by atoms with van der Waals surface area (Å²) < 4.78 is 29.1. The molecule has 0 saturated carbocycles. The van der Waals surface area contributed by atoms with Gasteiger partial charge in [-0.15, -0.1) is 0 Å². The van der Waals surface area contributed by atoms with Gasteiger partial charge in [-0.25, -0.2) is 8.42 Å². The summed E-state index contributed by atoms with van der Waals surface area (Å²) in [5.41, 5.74) is 3.49. The number of anilines is 1. The van der Waals surface area contributed by atoms with Crippen LogP contribution in [0.2, 0.25) is 10.0 Å². The number of carbonyl (C=O) groups excluding carboxylic acids is 2. The van der Waals surface area contributed by atoms with Crippen LogP contribution in [0.3, 0.4) is 0 Å². The fourth-order valence-corrected chi connectivity index (χ4v) is 6.22. The van der Waals surface area contributed by atoms with E-state index in [0.29, 0.717) is 27.7 Å². The quantitative estimate of drug-likeness (QED) is 0.330. The highest BCUT2D eigenvalue weighted by molar-refractivity contribution is 7.92. The van der Waals surface area contributed by atoms with Crippen molar-refractivity contribution >= 4 is 50.7 Å². The maximum Gasteiger partial charge on any atom is 0.264 e. The van der Waals surface area contributed by atoms with Crippen LogP contribution in [0.1, 0.15) is 35.6 Å². The smallest absolute Gasteiger partial charge is 0.264 e. The lowest BCUT2D eigenvalue weighted by Gasteiger charge is -2.33. The van der Waals surface area contributed by atoms with Crippen LogP contribution in [0, 0.1) is 20.8 Å². The summed E-state index contributed by atoms with van der Waals surface area (Å²) in [6, 6.07) is 15.8. The van der Waals surface area contributed by atoms with Gasteiger partial charge in [0.1, 0.15) is 12.6 Å². The molecular weight excluding hydrogens is 557 g/mol. The summed E-state index contributed by atoms with van der Waals surface area (Å²) in [5.74, 6) is -0.913. The SMILES string of the molecule is CC[C@@H](C(=O)NC)N(Cc1ccc(Cl)cc1Cl)C(=O)CN(c1cccc(C)c1C)S(=O)(=O)c1ccc(C)cc1. The zero-order chi connectivity index (χ0) is 28.9. The maximum atomic E-state index is 14.0. The second-order valence-corrected chi connectivity index (χ2v) is 12.0. The minimum absolute atomic E-state index is 0.00796. The van der Waals surface area contributed by atoms with Crippen molar-refractivity contribution in [2.45, 2.75) is 51.6 Å². The van der Waals surface area contributed by atoms with E-state index in [2.05, 4.69) is 5.32 Å². The first-order valence-corrected chi connectivity index (χ1v) is 14.7. The molecule has 2 amide bonds. The molecule has 0 saturated heterocycles. The lowest BCUT2D eigenvalue weighted by Crippen LogP contribution is -2.51. The number of amides is 2. The number of likely N-dealkylation sites (N-methyl/N-ethyl adjacent to an activating group) is 1. The Bertz CT molecular complexity index is 1460. The van der Waals surface area contributed by atoms with E-state index in [4.69, 9.17) is 23.2 Å². The van der Waals surface area contributed by atoms with Gasteiger partial charge in [-0.2, -0.15) is 0 Å². The number of hydrogen-bond acceptors (Lipinski definition) is 4. The highest BCUT2D eigenvalue weighted by atomic mass is 35.5. The first-order valence-electron chi connectivity index (χ1n) is 12.5. The number of sulfonamides is 1. The lowest BCUT2D eigenvalue weighted by molar-refractivity contribution is -0.140. The lowest BCUT2D eigenvalue weighted by atomic mass is 10.1. The fourth-order valence-electron chi connectivity index (χ4n) is 4.28. The van der Waals surface area contributed by atoms with Crippen LogP contribution in [-0.2, 0) is 26.2 Å². The minimum atomic E-state index is -4.14. The molecule has 1 atom stereocenters. The molecule has 1 N–H and O–H groups in total. The highest BCUT2D eigenvalue weighted by Crippen LogP contribution is 2.30. The van der Waals surface area contributed by atoms with Gasteiger partial charge in [0.2, 0.25) is 11.8 Å². The number of nitrogens with one attached hydrogen (secondary N) is 1. The molecule has 0 radical (unpaired) electrons. The summed E-state index contributed by atoms with van der Waals surface area (Å²) in [7, 11) is -2.65. The molecule has 3 aromatic rings. The van der Waals surface area contributed by atoms with E-state index in [1.165, 1.54) is 24.1 Å². The Kier molecular flexibility index (Phi) is 10.0. The van der Waals surface area contributed by atoms with Crippen LogP contribution in [0.15, 0.2) is 65.6 Å². The van der Waals surface area contributed by atoms with Gasteiger partial charge >= 0.3 is 0 Å². The van der Waals surface area contributed by atoms with Gasteiger partial charge < -0.3 is 10.2 Å². The molecule has 208 valence electrons. The van der Waals surface area contributed by atoms with Crippen molar-refractivity contribution in [3.05, 3.63) is 93.0 Å². The third-order valence-electron chi connectivity index (χ3n) is 6.72. The van der Waals surface area contributed by atoms with Crippen molar-refractivity contribution in [2.75, 3.05) is 17.9 Å². The van der Waals surface area contributed by atoms with E-state index in [-0.39, 0.29) is 17.3 Å². The number of nitrogens with zero attached hydrogens (tertiary/aromatic N) is 2. The minimum Gasteiger partial charge on any atom is -0.357 e. The van der Waals surface area contributed by atoms with Crippen molar-refractivity contribution in [3.63, 3.8) is 0 Å². The van der Waals surface area contributed by atoms with Crippen molar-refractivity contribution in [3.8, 4) is 0 Å². The van der Waals surface area contributed by atoms with E-state index >= 15 is 0 Å². The molecule has 0 aliphatic heterocycles.